The van der Waals surface area contributed by atoms with Gasteiger partial charge >= 0.3 is 6.09 Å². The van der Waals surface area contributed by atoms with Gasteiger partial charge in [0.15, 0.2) is 0 Å². The highest BCUT2D eigenvalue weighted by Gasteiger charge is 2.27. The molecule has 1 aromatic rings. The van der Waals surface area contributed by atoms with Crippen LogP contribution >= 0.6 is 11.6 Å². The fourth-order valence-electron chi connectivity index (χ4n) is 2.75. The number of amides is 1. The quantitative estimate of drug-likeness (QED) is 0.868. The van der Waals surface area contributed by atoms with Crippen LogP contribution in [0.25, 0.3) is 0 Å². The predicted octanol–water partition coefficient (Wildman–Crippen LogP) is 4.71. The predicted molar refractivity (Wildman–Crippen MR) is 95.2 cm³/mol. The summed E-state index contributed by atoms with van der Waals surface area (Å²) in [5.74, 6) is 0.410. The average Bonchev–Trinajstić information content (AvgIpc) is 2.47. The molecule has 0 saturated carbocycles. The second-order valence-electron chi connectivity index (χ2n) is 7.30. The molecule has 0 radical (unpaired) electrons. The van der Waals surface area contributed by atoms with Crippen LogP contribution < -0.4 is 5.32 Å². The Morgan fingerprint density at radius 3 is 2.87 bits per heavy atom. The minimum Gasteiger partial charge on any atom is -0.444 e. The molecule has 1 amide bonds. The molecule has 1 aliphatic rings. The number of carbonyl (C=O) groups is 1. The molecule has 1 atom stereocenters. The lowest BCUT2D eigenvalue weighted by Gasteiger charge is -2.34. The molecule has 128 valence electrons. The van der Waals surface area contributed by atoms with E-state index in [9.17, 15) is 4.79 Å². The molecule has 1 aliphatic heterocycles. The number of hydrogen-bond donors (Lipinski definition) is 1. The SMILES string of the molecule is Cc1ccc(Cl)c(NCC2CCCN(C(=O)OC(C)(C)C)C2)c1. The molecule has 2 rings (SSSR count). The summed E-state index contributed by atoms with van der Waals surface area (Å²) in [6.45, 7) is 10.0. The smallest absolute Gasteiger partial charge is 0.410 e. The van der Waals surface area contributed by atoms with Crippen molar-refractivity contribution in [3.8, 4) is 0 Å². The van der Waals surface area contributed by atoms with Crippen molar-refractivity contribution >= 4 is 23.4 Å². The number of likely N-dealkylation sites (tertiary alicyclic amines) is 1. The topological polar surface area (TPSA) is 41.6 Å². The summed E-state index contributed by atoms with van der Waals surface area (Å²) in [6, 6.07) is 5.96. The minimum absolute atomic E-state index is 0.212. The van der Waals surface area contributed by atoms with E-state index in [1.165, 1.54) is 5.56 Å². The van der Waals surface area contributed by atoms with E-state index in [4.69, 9.17) is 16.3 Å². The Morgan fingerprint density at radius 2 is 2.17 bits per heavy atom. The van der Waals surface area contributed by atoms with Crippen molar-refractivity contribution in [1.29, 1.82) is 0 Å². The first kappa shape index (κ1) is 17.9. The molecule has 1 fully saturated rings. The number of rotatable bonds is 3. The van der Waals surface area contributed by atoms with Gasteiger partial charge in [0.25, 0.3) is 0 Å². The Kier molecular flexibility index (Phi) is 5.79. The lowest BCUT2D eigenvalue weighted by atomic mass is 9.98. The van der Waals surface area contributed by atoms with E-state index in [1.54, 1.807) is 0 Å². The molecule has 4 nitrogen and oxygen atoms in total. The molecule has 1 unspecified atom stereocenters. The Labute approximate surface area is 144 Å². The molecule has 0 aliphatic carbocycles. The monoisotopic (exact) mass is 338 g/mol. The molecule has 23 heavy (non-hydrogen) atoms. The second-order valence-corrected chi connectivity index (χ2v) is 7.71. The lowest BCUT2D eigenvalue weighted by Crippen LogP contribution is -2.44. The van der Waals surface area contributed by atoms with Gasteiger partial charge in [-0.05, 0) is 64.2 Å². The van der Waals surface area contributed by atoms with Gasteiger partial charge < -0.3 is 15.0 Å². The number of benzene rings is 1. The van der Waals surface area contributed by atoms with Crippen LogP contribution in [-0.2, 0) is 4.74 Å². The maximum absolute atomic E-state index is 12.2. The molecule has 1 heterocycles. The highest BCUT2D eigenvalue weighted by atomic mass is 35.5. The number of aryl methyl sites for hydroxylation is 1. The summed E-state index contributed by atoms with van der Waals surface area (Å²) in [4.78, 5) is 14.0. The van der Waals surface area contributed by atoms with E-state index in [0.29, 0.717) is 5.92 Å². The number of piperidine rings is 1. The number of nitrogens with zero attached hydrogens (tertiary/aromatic N) is 1. The molecule has 1 saturated heterocycles. The number of halogens is 1. The van der Waals surface area contributed by atoms with E-state index in [2.05, 4.69) is 11.4 Å². The summed E-state index contributed by atoms with van der Waals surface area (Å²) < 4.78 is 5.47. The molecule has 0 aromatic heterocycles. The van der Waals surface area contributed by atoms with Crippen molar-refractivity contribution in [1.82, 2.24) is 4.90 Å². The van der Waals surface area contributed by atoms with E-state index in [0.717, 1.165) is 43.2 Å². The van der Waals surface area contributed by atoms with Crippen molar-refractivity contribution in [3.05, 3.63) is 28.8 Å². The largest absolute Gasteiger partial charge is 0.444 e. The highest BCUT2D eigenvalue weighted by Crippen LogP contribution is 2.25. The Hall–Kier alpha value is -1.42. The molecule has 0 bridgehead atoms. The summed E-state index contributed by atoms with van der Waals surface area (Å²) in [7, 11) is 0. The fraction of sp³-hybridized carbons (Fsp3) is 0.611. The number of anilines is 1. The Balaban J connectivity index is 1.89. The fourth-order valence-corrected chi connectivity index (χ4v) is 2.94. The van der Waals surface area contributed by atoms with E-state index in [-0.39, 0.29) is 6.09 Å². The van der Waals surface area contributed by atoms with Crippen molar-refractivity contribution in [2.45, 2.75) is 46.1 Å². The molecule has 1 aromatic carbocycles. The van der Waals surface area contributed by atoms with Gasteiger partial charge in [0.1, 0.15) is 5.60 Å². The molecule has 0 spiro atoms. The molecular formula is C18H27ClN2O2. The molecular weight excluding hydrogens is 312 g/mol. The van der Waals surface area contributed by atoms with Gasteiger partial charge in [-0.2, -0.15) is 0 Å². The normalized spacial score (nSPS) is 18.7. The van der Waals surface area contributed by atoms with Crippen LogP contribution in [0.5, 0.6) is 0 Å². The van der Waals surface area contributed by atoms with Gasteiger partial charge in [-0.25, -0.2) is 4.79 Å². The van der Waals surface area contributed by atoms with Crippen molar-refractivity contribution < 1.29 is 9.53 Å². The van der Waals surface area contributed by atoms with Gasteiger partial charge in [0, 0.05) is 19.6 Å². The van der Waals surface area contributed by atoms with Crippen LogP contribution in [0.1, 0.15) is 39.2 Å². The first-order chi connectivity index (χ1) is 10.7. The van der Waals surface area contributed by atoms with Crippen LogP contribution in [0, 0.1) is 12.8 Å². The van der Waals surface area contributed by atoms with Crippen LogP contribution in [0.3, 0.4) is 0 Å². The van der Waals surface area contributed by atoms with Crippen LogP contribution in [0.15, 0.2) is 18.2 Å². The van der Waals surface area contributed by atoms with E-state index in [1.807, 2.05) is 44.7 Å². The number of hydrogen-bond acceptors (Lipinski definition) is 3. The van der Waals surface area contributed by atoms with Gasteiger partial charge in [0.2, 0.25) is 0 Å². The van der Waals surface area contributed by atoms with E-state index >= 15 is 0 Å². The van der Waals surface area contributed by atoms with Gasteiger partial charge in [-0.1, -0.05) is 17.7 Å². The zero-order valence-electron chi connectivity index (χ0n) is 14.5. The van der Waals surface area contributed by atoms with Crippen LogP contribution in [0.4, 0.5) is 10.5 Å². The van der Waals surface area contributed by atoms with Crippen molar-refractivity contribution in [2.24, 2.45) is 5.92 Å². The van der Waals surface area contributed by atoms with Gasteiger partial charge in [-0.15, -0.1) is 0 Å². The third kappa shape index (κ3) is 5.61. The lowest BCUT2D eigenvalue weighted by molar-refractivity contribution is 0.0172. The summed E-state index contributed by atoms with van der Waals surface area (Å²) in [5.41, 5.74) is 1.69. The van der Waals surface area contributed by atoms with Crippen molar-refractivity contribution in [3.63, 3.8) is 0 Å². The Morgan fingerprint density at radius 1 is 1.43 bits per heavy atom. The maximum atomic E-state index is 12.2. The summed E-state index contributed by atoms with van der Waals surface area (Å²) >= 11 is 6.22. The summed E-state index contributed by atoms with van der Waals surface area (Å²) in [6.07, 6.45) is 1.90. The van der Waals surface area contributed by atoms with Gasteiger partial charge in [-0.3, -0.25) is 0 Å². The second kappa shape index (κ2) is 7.43. The third-order valence-corrected chi connectivity index (χ3v) is 4.20. The van der Waals surface area contributed by atoms with Crippen LogP contribution in [-0.4, -0.2) is 36.2 Å². The third-order valence-electron chi connectivity index (χ3n) is 3.87. The molecule has 1 N–H and O–H groups in total. The number of ether oxygens (including phenoxy) is 1. The number of carbonyl (C=O) groups excluding carboxylic acids is 1. The number of nitrogens with one attached hydrogen (secondary N) is 1. The van der Waals surface area contributed by atoms with Crippen molar-refractivity contribution in [2.75, 3.05) is 25.0 Å². The van der Waals surface area contributed by atoms with Crippen LogP contribution in [0.2, 0.25) is 5.02 Å². The average molecular weight is 339 g/mol. The van der Waals surface area contributed by atoms with E-state index < -0.39 is 5.60 Å². The highest BCUT2D eigenvalue weighted by molar-refractivity contribution is 6.33. The zero-order valence-corrected chi connectivity index (χ0v) is 15.2. The first-order valence-electron chi connectivity index (χ1n) is 8.22. The minimum atomic E-state index is -0.447. The standard InChI is InChI=1S/C18H27ClN2O2/c1-13-7-8-15(19)16(10-13)20-11-14-6-5-9-21(12-14)17(22)23-18(2,3)4/h7-8,10,14,20H,5-6,9,11-12H2,1-4H3. The van der Waals surface area contributed by atoms with Gasteiger partial charge in [0.05, 0.1) is 10.7 Å². The molecule has 5 heteroatoms. The Bertz CT molecular complexity index is 554. The first-order valence-corrected chi connectivity index (χ1v) is 8.60. The maximum Gasteiger partial charge on any atom is 0.410 e. The summed E-state index contributed by atoms with van der Waals surface area (Å²) in [5, 5.41) is 4.15. The zero-order chi connectivity index (χ0) is 17.0.